The Kier molecular flexibility index (Phi) is 8.38. The first-order chi connectivity index (χ1) is 15.5. The summed E-state index contributed by atoms with van der Waals surface area (Å²) in [5.41, 5.74) is 1.99. The second-order valence-electron chi connectivity index (χ2n) is 8.38. The molecule has 0 amide bonds. The largest absolute Gasteiger partial charge is 0.435 e. The molecule has 0 atom stereocenters. The van der Waals surface area contributed by atoms with Crippen molar-refractivity contribution in [1.29, 1.82) is 0 Å². The minimum absolute atomic E-state index is 0. The number of alkyl halides is 2. The van der Waals surface area contributed by atoms with Crippen molar-refractivity contribution in [3.8, 4) is 5.75 Å². The number of fused-ring (bicyclic) bond motifs is 1. The molecule has 1 aliphatic carbocycles. The SMILES string of the molecule is C.CN(C)c1nc(NC2CCC(NCc3ccc(OC(F)F)cc3)CC2)nc2ccccc12. The van der Waals surface area contributed by atoms with Gasteiger partial charge in [-0.2, -0.15) is 13.8 Å². The number of hydrogen-bond donors (Lipinski definition) is 2. The molecule has 0 unspecified atom stereocenters. The van der Waals surface area contributed by atoms with Gasteiger partial charge in [0.1, 0.15) is 11.6 Å². The fourth-order valence-electron chi connectivity index (χ4n) is 4.14. The lowest BCUT2D eigenvalue weighted by Gasteiger charge is -2.30. The number of halogens is 2. The topological polar surface area (TPSA) is 62.3 Å². The zero-order valence-corrected chi connectivity index (χ0v) is 18.4. The molecule has 178 valence electrons. The second-order valence-corrected chi connectivity index (χ2v) is 8.38. The van der Waals surface area contributed by atoms with Gasteiger partial charge in [-0.3, -0.25) is 0 Å². The summed E-state index contributed by atoms with van der Waals surface area (Å²) in [6.45, 7) is -2.09. The maximum absolute atomic E-state index is 12.3. The van der Waals surface area contributed by atoms with Crippen LogP contribution in [0, 0.1) is 0 Å². The Balaban J connectivity index is 0.00000306. The lowest BCUT2D eigenvalue weighted by Crippen LogP contribution is -2.37. The molecule has 3 aromatic rings. The lowest BCUT2D eigenvalue weighted by molar-refractivity contribution is -0.0498. The third-order valence-electron chi connectivity index (χ3n) is 5.81. The molecule has 1 aromatic heterocycles. The number of nitrogens with zero attached hydrogens (tertiary/aromatic N) is 3. The van der Waals surface area contributed by atoms with Gasteiger partial charge in [0.05, 0.1) is 5.52 Å². The van der Waals surface area contributed by atoms with E-state index in [0.717, 1.165) is 48.0 Å². The first-order valence-corrected chi connectivity index (χ1v) is 11.0. The van der Waals surface area contributed by atoms with Crippen LogP contribution in [0.2, 0.25) is 0 Å². The second kappa shape index (κ2) is 11.2. The Labute approximate surface area is 194 Å². The molecule has 0 saturated heterocycles. The van der Waals surface area contributed by atoms with Gasteiger partial charge in [-0.05, 0) is 55.5 Å². The molecule has 1 heterocycles. The van der Waals surface area contributed by atoms with Gasteiger partial charge in [-0.1, -0.05) is 31.7 Å². The van der Waals surface area contributed by atoms with E-state index in [2.05, 4.69) is 15.4 Å². The Morgan fingerprint density at radius 3 is 2.30 bits per heavy atom. The number of aromatic nitrogens is 2. The minimum atomic E-state index is -2.79. The number of anilines is 2. The molecule has 0 spiro atoms. The molecular weight excluding hydrogens is 424 g/mol. The van der Waals surface area contributed by atoms with E-state index in [4.69, 9.17) is 9.97 Å². The summed E-state index contributed by atoms with van der Waals surface area (Å²) < 4.78 is 28.9. The highest BCUT2D eigenvalue weighted by Crippen LogP contribution is 2.26. The average Bonchev–Trinajstić information content (AvgIpc) is 2.78. The van der Waals surface area contributed by atoms with E-state index in [9.17, 15) is 8.78 Å². The van der Waals surface area contributed by atoms with E-state index in [-0.39, 0.29) is 13.2 Å². The maximum atomic E-state index is 12.3. The number of para-hydroxylation sites is 1. The van der Waals surface area contributed by atoms with Crippen molar-refractivity contribution in [3.05, 3.63) is 54.1 Å². The van der Waals surface area contributed by atoms with Crippen LogP contribution >= 0.6 is 0 Å². The fourth-order valence-corrected chi connectivity index (χ4v) is 4.14. The Morgan fingerprint density at radius 1 is 0.970 bits per heavy atom. The maximum Gasteiger partial charge on any atom is 0.387 e. The van der Waals surface area contributed by atoms with Crippen LogP contribution in [0.15, 0.2) is 48.5 Å². The van der Waals surface area contributed by atoms with Crippen molar-refractivity contribution in [3.63, 3.8) is 0 Å². The van der Waals surface area contributed by atoms with E-state index in [0.29, 0.717) is 24.6 Å². The molecule has 0 aliphatic heterocycles. The van der Waals surface area contributed by atoms with Crippen molar-refractivity contribution >= 4 is 22.7 Å². The smallest absolute Gasteiger partial charge is 0.387 e. The van der Waals surface area contributed by atoms with Crippen LogP contribution in [0.1, 0.15) is 38.7 Å². The van der Waals surface area contributed by atoms with E-state index in [1.54, 1.807) is 12.1 Å². The van der Waals surface area contributed by atoms with Crippen LogP contribution in [0.3, 0.4) is 0 Å². The summed E-state index contributed by atoms with van der Waals surface area (Å²) in [6, 6.07) is 15.6. The monoisotopic (exact) mass is 457 g/mol. The molecule has 2 aromatic carbocycles. The normalized spacial score (nSPS) is 18.1. The molecule has 1 aliphatic rings. The summed E-state index contributed by atoms with van der Waals surface area (Å²) in [4.78, 5) is 11.5. The predicted molar refractivity (Wildman–Crippen MR) is 130 cm³/mol. The molecule has 4 rings (SSSR count). The molecule has 1 fully saturated rings. The molecule has 8 heteroatoms. The number of ether oxygens (including phenoxy) is 1. The quantitative estimate of drug-likeness (QED) is 0.469. The average molecular weight is 458 g/mol. The van der Waals surface area contributed by atoms with Crippen molar-refractivity contribution in [2.75, 3.05) is 24.3 Å². The first-order valence-electron chi connectivity index (χ1n) is 11.0. The van der Waals surface area contributed by atoms with Crippen LogP contribution in [-0.2, 0) is 6.54 Å². The number of benzene rings is 2. The highest BCUT2D eigenvalue weighted by Gasteiger charge is 2.22. The Morgan fingerprint density at radius 2 is 1.64 bits per heavy atom. The highest BCUT2D eigenvalue weighted by molar-refractivity contribution is 5.90. The lowest BCUT2D eigenvalue weighted by atomic mass is 9.91. The third kappa shape index (κ3) is 6.51. The molecular formula is C25H33F2N5O. The minimum Gasteiger partial charge on any atom is -0.435 e. The van der Waals surface area contributed by atoms with Crippen molar-refractivity contribution < 1.29 is 13.5 Å². The summed E-state index contributed by atoms with van der Waals surface area (Å²) in [5.74, 6) is 1.78. The van der Waals surface area contributed by atoms with Crippen molar-refractivity contribution in [2.45, 2.75) is 58.3 Å². The van der Waals surface area contributed by atoms with Gasteiger partial charge in [0.25, 0.3) is 0 Å². The zero-order valence-electron chi connectivity index (χ0n) is 18.4. The van der Waals surface area contributed by atoms with Crippen molar-refractivity contribution in [2.24, 2.45) is 0 Å². The van der Waals surface area contributed by atoms with Crippen LogP contribution in [0.5, 0.6) is 5.75 Å². The summed E-state index contributed by atoms with van der Waals surface area (Å²) in [6.07, 6.45) is 4.18. The van der Waals surface area contributed by atoms with Gasteiger partial charge in [-0.25, -0.2) is 4.98 Å². The zero-order chi connectivity index (χ0) is 22.5. The van der Waals surface area contributed by atoms with Crippen LogP contribution in [0.25, 0.3) is 10.9 Å². The van der Waals surface area contributed by atoms with Gasteiger partial charge in [-0.15, -0.1) is 0 Å². The highest BCUT2D eigenvalue weighted by atomic mass is 19.3. The number of hydrogen-bond acceptors (Lipinski definition) is 6. The first kappa shape index (κ1) is 24.6. The van der Waals surface area contributed by atoms with Gasteiger partial charge >= 0.3 is 6.61 Å². The fraction of sp³-hybridized carbons (Fsp3) is 0.440. The molecule has 0 radical (unpaired) electrons. The van der Waals surface area contributed by atoms with Gasteiger partial charge in [0, 0.05) is 38.1 Å². The van der Waals surface area contributed by atoms with Gasteiger partial charge in [0.2, 0.25) is 5.95 Å². The molecule has 6 nitrogen and oxygen atoms in total. The number of nitrogens with one attached hydrogen (secondary N) is 2. The Hall–Kier alpha value is -3.00. The van der Waals surface area contributed by atoms with Crippen molar-refractivity contribution in [1.82, 2.24) is 15.3 Å². The van der Waals surface area contributed by atoms with E-state index in [1.165, 1.54) is 0 Å². The summed E-state index contributed by atoms with van der Waals surface area (Å²) >= 11 is 0. The van der Waals surface area contributed by atoms with Crippen LogP contribution < -0.4 is 20.3 Å². The Bertz CT molecular complexity index is 1020. The summed E-state index contributed by atoms with van der Waals surface area (Å²) in [5, 5.41) is 8.15. The van der Waals surface area contributed by atoms with E-state index < -0.39 is 6.61 Å². The van der Waals surface area contributed by atoms with Crippen LogP contribution in [0.4, 0.5) is 20.5 Å². The predicted octanol–water partition coefficient (Wildman–Crippen LogP) is 5.45. The van der Waals surface area contributed by atoms with Gasteiger partial charge in [0.15, 0.2) is 0 Å². The molecule has 0 bridgehead atoms. The van der Waals surface area contributed by atoms with Gasteiger partial charge < -0.3 is 20.3 Å². The number of rotatable bonds is 8. The molecule has 2 N–H and O–H groups in total. The van der Waals surface area contributed by atoms with E-state index in [1.807, 2.05) is 55.4 Å². The van der Waals surface area contributed by atoms with Crippen LogP contribution in [-0.4, -0.2) is 42.8 Å². The van der Waals surface area contributed by atoms with E-state index >= 15 is 0 Å². The summed E-state index contributed by atoms with van der Waals surface area (Å²) in [7, 11) is 3.99. The standard InChI is InChI=1S/C24H29F2N5O.CH4/c1-31(2)22-20-5-3-4-6-21(20)29-24(30-22)28-18-11-9-17(10-12-18)27-15-16-7-13-19(14-8-16)32-23(25)26;/h3-8,13-14,17-18,23,27H,9-12,15H2,1-2H3,(H,28,29,30);1H4. The molecule has 33 heavy (non-hydrogen) atoms. The molecule has 1 saturated carbocycles. The third-order valence-corrected chi connectivity index (χ3v) is 5.81.